The Balaban J connectivity index is 2.30. The average molecular weight is 255 g/mol. The fourth-order valence-electron chi connectivity index (χ4n) is 2.97. The summed E-state index contributed by atoms with van der Waals surface area (Å²) in [6, 6.07) is 0. The van der Waals surface area contributed by atoms with Crippen LogP contribution in [-0.4, -0.2) is 26.3 Å². The van der Waals surface area contributed by atoms with Crippen molar-refractivity contribution in [2.24, 2.45) is 23.7 Å². The van der Waals surface area contributed by atoms with Gasteiger partial charge in [-0.3, -0.25) is 0 Å². The lowest BCUT2D eigenvalue weighted by Crippen LogP contribution is -2.36. The van der Waals surface area contributed by atoms with Gasteiger partial charge in [-0.15, -0.1) is 0 Å². The van der Waals surface area contributed by atoms with Crippen LogP contribution in [0.3, 0.4) is 0 Å². The van der Waals surface area contributed by atoms with Crippen LogP contribution < -0.4 is 5.32 Å². The Morgan fingerprint density at radius 1 is 1.22 bits per heavy atom. The van der Waals surface area contributed by atoms with Crippen molar-refractivity contribution in [2.75, 3.05) is 26.3 Å². The summed E-state index contributed by atoms with van der Waals surface area (Å²) in [6.45, 7) is 13.4. The lowest BCUT2D eigenvalue weighted by molar-refractivity contribution is 0.0472. The zero-order valence-electron chi connectivity index (χ0n) is 12.9. The quantitative estimate of drug-likeness (QED) is 0.668. The highest BCUT2D eigenvalue weighted by Crippen LogP contribution is 2.33. The molecule has 0 aromatic carbocycles. The molecule has 3 atom stereocenters. The minimum absolute atomic E-state index is 0.752. The van der Waals surface area contributed by atoms with E-state index in [0.29, 0.717) is 0 Å². The van der Waals surface area contributed by atoms with Gasteiger partial charge in [-0.05, 0) is 56.0 Å². The molecular formula is C16H33NO. The molecule has 2 heteroatoms. The molecule has 0 aromatic heterocycles. The van der Waals surface area contributed by atoms with E-state index in [1.54, 1.807) is 0 Å². The third-order valence-corrected chi connectivity index (χ3v) is 4.04. The summed E-state index contributed by atoms with van der Waals surface area (Å²) < 4.78 is 5.80. The Bertz CT molecular complexity index is 205. The van der Waals surface area contributed by atoms with Crippen LogP contribution in [0.2, 0.25) is 0 Å². The number of ether oxygens (including phenoxy) is 1. The molecule has 0 aromatic rings. The fourth-order valence-corrected chi connectivity index (χ4v) is 2.97. The second-order valence-electron chi connectivity index (χ2n) is 6.57. The average Bonchev–Trinajstić information content (AvgIpc) is 2.32. The zero-order valence-corrected chi connectivity index (χ0v) is 12.9. The lowest BCUT2D eigenvalue weighted by Gasteiger charge is -2.35. The topological polar surface area (TPSA) is 21.3 Å². The molecule has 1 aliphatic carbocycles. The van der Waals surface area contributed by atoms with Crippen molar-refractivity contribution in [3.8, 4) is 0 Å². The number of hydrogen-bond acceptors (Lipinski definition) is 2. The molecule has 1 saturated carbocycles. The van der Waals surface area contributed by atoms with Crippen molar-refractivity contribution >= 4 is 0 Å². The summed E-state index contributed by atoms with van der Waals surface area (Å²) in [6.07, 6.45) is 5.28. The molecule has 2 nitrogen and oxygen atoms in total. The first kappa shape index (κ1) is 16.0. The Hall–Kier alpha value is -0.0800. The molecule has 1 fully saturated rings. The molecule has 0 bridgehead atoms. The van der Waals surface area contributed by atoms with Crippen LogP contribution in [0.25, 0.3) is 0 Å². The van der Waals surface area contributed by atoms with Gasteiger partial charge in [-0.1, -0.05) is 34.1 Å². The van der Waals surface area contributed by atoms with Gasteiger partial charge in [0.25, 0.3) is 0 Å². The summed E-state index contributed by atoms with van der Waals surface area (Å²) in [5.41, 5.74) is 0. The molecule has 18 heavy (non-hydrogen) atoms. The SMILES string of the molecule is CCCOCC1CC(C)CCC1CNCC(C)C. The Labute approximate surface area is 114 Å². The second-order valence-corrected chi connectivity index (χ2v) is 6.57. The van der Waals surface area contributed by atoms with E-state index >= 15 is 0 Å². The smallest absolute Gasteiger partial charge is 0.0497 e. The molecule has 1 rings (SSSR count). The molecule has 0 aliphatic heterocycles. The highest BCUT2D eigenvalue weighted by atomic mass is 16.5. The van der Waals surface area contributed by atoms with Crippen molar-refractivity contribution in [1.29, 1.82) is 0 Å². The van der Waals surface area contributed by atoms with Crippen LogP contribution in [0.1, 0.15) is 53.4 Å². The largest absolute Gasteiger partial charge is 0.381 e. The van der Waals surface area contributed by atoms with Crippen molar-refractivity contribution in [3.05, 3.63) is 0 Å². The molecule has 108 valence electrons. The molecule has 0 spiro atoms. The first-order valence-electron chi connectivity index (χ1n) is 7.91. The summed E-state index contributed by atoms with van der Waals surface area (Å²) in [5.74, 6) is 3.25. The fraction of sp³-hybridized carbons (Fsp3) is 1.00. The van der Waals surface area contributed by atoms with Gasteiger partial charge in [0.05, 0.1) is 0 Å². The highest BCUT2D eigenvalue weighted by Gasteiger charge is 2.28. The molecule has 1 aliphatic rings. The van der Waals surface area contributed by atoms with Gasteiger partial charge in [-0.2, -0.15) is 0 Å². The predicted molar refractivity (Wildman–Crippen MR) is 78.8 cm³/mol. The summed E-state index contributed by atoms with van der Waals surface area (Å²) in [7, 11) is 0. The van der Waals surface area contributed by atoms with Crippen molar-refractivity contribution in [2.45, 2.75) is 53.4 Å². The van der Waals surface area contributed by atoms with Gasteiger partial charge in [0, 0.05) is 13.2 Å². The monoisotopic (exact) mass is 255 g/mol. The van der Waals surface area contributed by atoms with E-state index in [2.05, 4.69) is 33.0 Å². The van der Waals surface area contributed by atoms with Crippen LogP contribution >= 0.6 is 0 Å². The number of nitrogens with one attached hydrogen (secondary N) is 1. The molecule has 0 amide bonds. The van der Waals surface area contributed by atoms with Crippen molar-refractivity contribution in [1.82, 2.24) is 5.32 Å². The van der Waals surface area contributed by atoms with Gasteiger partial charge < -0.3 is 10.1 Å². The molecule has 0 radical (unpaired) electrons. The van der Waals surface area contributed by atoms with Gasteiger partial charge in [0.1, 0.15) is 0 Å². The maximum Gasteiger partial charge on any atom is 0.0497 e. The van der Waals surface area contributed by atoms with Crippen LogP contribution in [0, 0.1) is 23.7 Å². The number of rotatable bonds is 8. The normalized spacial score (nSPS) is 28.8. The molecule has 0 heterocycles. The Morgan fingerprint density at radius 2 is 2.00 bits per heavy atom. The second kappa shape index (κ2) is 8.92. The van der Waals surface area contributed by atoms with Gasteiger partial charge in [-0.25, -0.2) is 0 Å². The van der Waals surface area contributed by atoms with Gasteiger partial charge >= 0.3 is 0 Å². The first-order chi connectivity index (χ1) is 8.63. The maximum atomic E-state index is 5.80. The van der Waals surface area contributed by atoms with E-state index in [4.69, 9.17) is 4.74 Å². The Morgan fingerprint density at radius 3 is 2.67 bits per heavy atom. The zero-order chi connectivity index (χ0) is 13.4. The standard InChI is InChI=1S/C16H33NO/c1-5-8-18-12-16-9-14(4)6-7-15(16)11-17-10-13(2)3/h13-17H,5-12H2,1-4H3. The number of hydrogen-bond donors (Lipinski definition) is 1. The van der Waals surface area contributed by atoms with E-state index in [-0.39, 0.29) is 0 Å². The van der Waals surface area contributed by atoms with Crippen LogP contribution in [0.15, 0.2) is 0 Å². The highest BCUT2D eigenvalue weighted by molar-refractivity contribution is 4.80. The van der Waals surface area contributed by atoms with Crippen LogP contribution in [0.5, 0.6) is 0 Å². The van der Waals surface area contributed by atoms with Gasteiger partial charge in [0.15, 0.2) is 0 Å². The third kappa shape index (κ3) is 6.19. The summed E-state index contributed by atoms with van der Waals surface area (Å²) in [5, 5.41) is 3.63. The van der Waals surface area contributed by atoms with Crippen LogP contribution in [-0.2, 0) is 4.74 Å². The minimum atomic E-state index is 0.752. The van der Waals surface area contributed by atoms with Gasteiger partial charge in [0.2, 0.25) is 0 Å². The van der Waals surface area contributed by atoms with E-state index in [0.717, 1.165) is 49.9 Å². The van der Waals surface area contributed by atoms with Crippen LogP contribution in [0.4, 0.5) is 0 Å². The Kier molecular flexibility index (Phi) is 7.92. The predicted octanol–water partition coefficient (Wildman–Crippen LogP) is 3.71. The first-order valence-corrected chi connectivity index (χ1v) is 7.91. The summed E-state index contributed by atoms with van der Waals surface area (Å²) >= 11 is 0. The van der Waals surface area contributed by atoms with E-state index in [1.165, 1.54) is 25.8 Å². The van der Waals surface area contributed by atoms with E-state index in [9.17, 15) is 0 Å². The maximum absolute atomic E-state index is 5.80. The lowest BCUT2D eigenvalue weighted by atomic mass is 9.75. The molecule has 0 saturated heterocycles. The molecule has 3 unspecified atom stereocenters. The molecule has 1 N–H and O–H groups in total. The summed E-state index contributed by atoms with van der Waals surface area (Å²) in [4.78, 5) is 0. The van der Waals surface area contributed by atoms with E-state index in [1.807, 2.05) is 0 Å². The minimum Gasteiger partial charge on any atom is -0.381 e. The third-order valence-electron chi connectivity index (χ3n) is 4.04. The molecular weight excluding hydrogens is 222 g/mol. The van der Waals surface area contributed by atoms with Crippen molar-refractivity contribution in [3.63, 3.8) is 0 Å². The van der Waals surface area contributed by atoms with E-state index < -0.39 is 0 Å². The van der Waals surface area contributed by atoms with Crippen molar-refractivity contribution < 1.29 is 4.74 Å².